The van der Waals surface area contributed by atoms with Crippen LogP contribution in [-0.4, -0.2) is 43.0 Å². The maximum Gasteiger partial charge on any atom is 0.262 e. The van der Waals surface area contributed by atoms with E-state index in [4.69, 9.17) is 16.4 Å². The zero-order valence-corrected chi connectivity index (χ0v) is 17.6. The Kier molecular flexibility index (Phi) is 5.00. The molecular weight excluding hydrogens is 390 g/mol. The third-order valence-electron chi connectivity index (χ3n) is 5.50. The number of likely N-dealkylation sites (tertiary alicyclic amines) is 1. The maximum atomic E-state index is 13.2. The lowest BCUT2D eigenvalue weighted by molar-refractivity contribution is -0.145. The number of fused-ring (bicyclic) bond motifs is 1. The normalized spacial score (nSPS) is 23.9. The topological polar surface area (TPSA) is 53.1 Å². The van der Waals surface area contributed by atoms with Gasteiger partial charge >= 0.3 is 0 Å². The van der Waals surface area contributed by atoms with Crippen molar-refractivity contribution >= 4 is 34.8 Å². The molecule has 0 aliphatic carbocycles. The Hall–Kier alpha value is -2.57. The van der Waals surface area contributed by atoms with E-state index in [9.17, 15) is 9.59 Å². The van der Waals surface area contributed by atoms with Gasteiger partial charge in [0.05, 0.1) is 11.7 Å². The van der Waals surface area contributed by atoms with Crippen LogP contribution in [0.15, 0.2) is 48.5 Å². The van der Waals surface area contributed by atoms with Crippen LogP contribution in [0.1, 0.15) is 25.5 Å². The van der Waals surface area contributed by atoms with Crippen molar-refractivity contribution in [3.05, 3.63) is 59.1 Å². The molecule has 6 nitrogen and oxygen atoms in total. The van der Waals surface area contributed by atoms with Crippen molar-refractivity contribution < 1.29 is 14.4 Å². The molecule has 0 aromatic heterocycles. The predicted molar refractivity (Wildman–Crippen MR) is 113 cm³/mol. The predicted octanol–water partition coefficient (Wildman–Crippen LogP) is 3.66. The minimum absolute atomic E-state index is 0.187. The number of hydroxylamine groups is 1. The van der Waals surface area contributed by atoms with Crippen LogP contribution in [0.4, 0.5) is 11.4 Å². The molecule has 0 bridgehead atoms. The summed E-state index contributed by atoms with van der Waals surface area (Å²) in [5, 5.41) is 2.29. The average molecular weight is 414 g/mol. The van der Waals surface area contributed by atoms with Crippen molar-refractivity contribution in [2.75, 3.05) is 24.1 Å². The minimum atomic E-state index is -0.820. The Morgan fingerprint density at radius 1 is 0.966 bits per heavy atom. The molecule has 2 saturated heterocycles. The molecule has 3 atom stereocenters. The first-order valence-corrected chi connectivity index (χ1v) is 10.0. The Balaban J connectivity index is 1.78. The van der Waals surface area contributed by atoms with Gasteiger partial charge in [0.15, 0.2) is 6.10 Å². The number of anilines is 2. The number of hydrogen-bond donors (Lipinski definition) is 0. The van der Waals surface area contributed by atoms with Crippen LogP contribution in [0, 0.1) is 5.92 Å². The summed E-state index contributed by atoms with van der Waals surface area (Å²) >= 11 is 6.04. The van der Waals surface area contributed by atoms with E-state index in [1.165, 1.54) is 4.90 Å². The summed E-state index contributed by atoms with van der Waals surface area (Å²) < 4.78 is 0. The van der Waals surface area contributed by atoms with Gasteiger partial charge in [-0.05, 0) is 55.8 Å². The van der Waals surface area contributed by atoms with Gasteiger partial charge in [0.25, 0.3) is 5.91 Å². The zero-order chi connectivity index (χ0) is 20.9. The molecule has 0 spiro atoms. The van der Waals surface area contributed by atoms with Gasteiger partial charge in [0.2, 0.25) is 5.91 Å². The summed E-state index contributed by atoms with van der Waals surface area (Å²) in [5.74, 6) is -1.06. The number of amides is 2. The summed E-state index contributed by atoms with van der Waals surface area (Å²) in [4.78, 5) is 35.5. The summed E-state index contributed by atoms with van der Waals surface area (Å²) in [5.41, 5.74) is 2.73. The fraction of sp³-hybridized carbons (Fsp3) is 0.364. The SMILES string of the molecule is CC(C)N1C(=O)[C@@H]2[C@H](ON(c3ccc(Cl)cc3)[C@H]2c2ccc(N(C)C)cc2)C1=O. The first kappa shape index (κ1) is 19.7. The average Bonchev–Trinajstić information content (AvgIpc) is 3.19. The van der Waals surface area contributed by atoms with Crippen LogP contribution in [0.5, 0.6) is 0 Å². The van der Waals surface area contributed by atoms with E-state index in [-0.39, 0.29) is 17.9 Å². The molecule has 2 fully saturated rings. The van der Waals surface area contributed by atoms with Crippen LogP contribution < -0.4 is 9.96 Å². The monoisotopic (exact) mass is 413 g/mol. The van der Waals surface area contributed by atoms with Crippen LogP contribution in [0.3, 0.4) is 0 Å². The van der Waals surface area contributed by atoms with Crippen LogP contribution >= 0.6 is 11.6 Å². The standard InChI is InChI=1S/C22H24ClN3O3/c1-13(2)25-21(27)18-19(14-5-9-16(10-6-14)24(3)4)26(29-20(18)22(25)28)17-11-7-15(23)8-12-17/h5-13,18-20H,1-4H3/t18-,19-,20-/m0/s1. The van der Waals surface area contributed by atoms with Gasteiger partial charge in [-0.1, -0.05) is 23.7 Å². The van der Waals surface area contributed by atoms with Crippen LogP contribution in [0.2, 0.25) is 5.02 Å². The molecule has 4 rings (SSSR count). The fourth-order valence-corrected chi connectivity index (χ4v) is 4.19. The fourth-order valence-electron chi connectivity index (χ4n) is 4.07. The molecule has 0 N–H and O–H groups in total. The molecule has 0 saturated carbocycles. The Morgan fingerprint density at radius 2 is 1.59 bits per heavy atom. The van der Waals surface area contributed by atoms with Gasteiger partial charge in [-0.15, -0.1) is 0 Å². The van der Waals surface area contributed by atoms with E-state index >= 15 is 0 Å². The number of carbonyl (C=O) groups is 2. The molecule has 2 aliphatic rings. The van der Waals surface area contributed by atoms with Gasteiger partial charge in [-0.25, -0.2) is 5.06 Å². The highest BCUT2D eigenvalue weighted by atomic mass is 35.5. The third kappa shape index (κ3) is 3.26. The van der Waals surface area contributed by atoms with E-state index in [0.717, 1.165) is 16.9 Å². The quantitative estimate of drug-likeness (QED) is 0.716. The van der Waals surface area contributed by atoms with Crippen LogP contribution in [-0.2, 0) is 14.4 Å². The van der Waals surface area contributed by atoms with Gasteiger partial charge in [-0.3, -0.25) is 19.3 Å². The smallest absolute Gasteiger partial charge is 0.262 e. The summed E-state index contributed by atoms with van der Waals surface area (Å²) in [6.45, 7) is 3.68. The van der Waals surface area contributed by atoms with Crippen molar-refractivity contribution in [3.8, 4) is 0 Å². The Bertz CT molecular complexity index is 927. The van der Waals surface area contributed by atoms with E-state index in [0.29, 0.717) is 5.02 Å². The lowest BCUT2D eigenvalue weighted by Gasteiger charge is -2.30. The number of benzene rings is 2. The number of halogens is 1. The van der Waals surface area contributed by atoms with E-state index in [1.807, 2.05) is 69.2 Å². The van der Waals surface area contributed by atoms with Crippen LogP contribution in [0.25, 0.3) is 0 Å². The van der Waals surface area contributed by atoms with Gasteiger partial charge in [0, 0.05) is 30.8 Å². The molecule has 152 valence electrons. The molecule has 2 aromatic carbocycles. The highest BCUT2D eigenvalue weighted by Crippen LogP contribution is 2.47. The largest absolute Gasteiger partial charge is 0.378 e. The van der Waals surface area contributed by atoms with Crippen molar-refractivity contribution in [2.45, 2.75) is 32.0 Å². The zero-order valence-electron chi connectivity index (χ0n) is 16.9. The Labute approximate surface area is 175 Å². The van der Waals surface area contributed by atoms with E-state index in [2.05, 4.69) is 0 Å². The van der Waals surface area contributed by atoms with Crippen molar-refractivity contribution in [1.82, 2.24) is 4.90 Å². The number of hydrogen-bond acceptors (Lipinski definition) is 5. The van der Waals surface area contributed by atoms with Crippen molar-refractivity contribution in [2.24, 2.45) is 5.92 Å². The molecule has 7 heteroatoms. The molecular formula is C22H24ClN3O3. The summed E-state index contributed by atoms with van der Waals surface area (Å²) in [6.07, 6.45) is -0.820. The number of rotatable bonds is 4. The minimum Gasteiger partial charge on any atom is -0.378 e. The molecule has 2 aliphatic heterocycles. The van der Waals surface area contributed by atoms with E-state index in [1.54, 1.807) is 17.2 Å². The second-order valence-corrected chi connectivity index (χ2v) is 8.36. The lowest BCUT2D eigenvalue weighted by atomic mass is 9.90. The summed E-state index contributed by atoms with van der Waals surface area (Å²) in [6, 6.07) is 14.6. The second-order valence-electron chi connectivity index (χ2n) is 7.93. The molecule has 0 unspecified atom stereocenters. The van der Waals surface area contributed by atoms with Gasteiger partial charge < -0.3 is 4.90 Å². The summed E-state index contributed by atoms with van der Waals surface area (Å²) in [7, 11) is 3.95. The number of imide groups is 1. The lowest BCUT2D eigenvalue weighted by Crippen LogP contribution is -2.41. The highest BCUT2D eigenvalue weighted by molar-refractivity contribution is 6.30. The first-order chi connectivity index (χ1) is 13.8. The van der Waals surface area contributed by atoms with Gasteiger partial charge in [-0.2, -0.15) is 0 Å². The van der Waals surface area contributed by atoms with Gasteiger partial charge in [0.1, 0.15) is 5.92 Å². The third-order valence-corrected chi connectivity index (χ3v) is 5.75. The second kappa shape index (κ2) is 7.35. The molecule has 0 radical (unpaired) electrons. The highest BCUT2D eigenvalue weighted by Gasteiger charge is 2.60. The maximum absolute atomic E-state index is 13.2. The van der Waals surface area contributed by atoms with E-state index < -0.39 is 18.1 Å². The van der Waals surface area contributed by atoms with Crippen molar-refractivity contribution in [1.29, 1.82) is 0 Å². The molecule has 2 heterocycles. The first-order valence-electron chi connectivity index (χ1n) is 9.65. The number of nitrogens with zero attached hydrogens (tertiary/aromatic N) is 3. The Morgan fingerprint density at radius 3 is 2.14 bits per heavy atom. The molecule has 2 aromatic rings. The molecule has 29 heavy (non-hydrogen) atoms. The number of carbonyl (C=O) groups excluding carboxylic acids is 2. The molecule has 2 amide bonds. The van der Waals surface area contributed by atoms with Crippen molar-refractivity contribution in [3.63, 3.8) is 0 Å².